The number of thiophene rings is 2. The van der Waals surface area contributed by atoms with Gasteiger partial charge in [0.2, 0.25) is 0 Å². The van der Waals surface area contributed by atoms with Crippen molar-refractivity contribution in [2.45, 2.75) is 49.3 Å². The predicted octanol–water partition coefficient (Wildman–Crippen LogP) is 7.54. The molecule has 4 aromatic rings. The van der Waals surface area contributed by atoms with Crippen LogP contribution in [0, 0.1) is 13.8 Å². The maximum absolute atomic E-state index is 11.3. The number of hydrogen-bond donors (Lipinski definition) is 0. The number of halogens is 2. The van der Waals surface area contributed by atoms with Crippen LogP contribution in [0.25, 0.3) is 0 Å². The molecule has 2 aromatic heterocycles. The average Bonchev–Trinajstić information content (AvgIpc) is 3.48. The Kier molecular flexibility index (Phi) is 10.2. The van der Waals surface area contributed by atoms with Crippen molar-refractivity contribution < 1.29 is 16.8 Å². The normalized spacial score (nSPS) is 11.7. The maximum Gasteiger partial charge on any atom is 0.262 e. The van der Waals surface area contributed by atoms with Crippen molar-refractivity contribution in [3.05, 3.63) is 103 Å². The van der Waals surface area contributed by atoms with Gasteiger partial charge in [-0.3, -0.25) is 0 Å². The smallest absolute Gasteiger partial charge is 0.207 e. The lowest BCUT2D eigenvalue weighted by molar-refractivity contribution is 0.607. The van der Waals surface area contributed by atoms with Gasteiger partial charge < -0.3 is 0 Å². The third kappa shape index (κ3) is 8.71. The zero-order valence-corrected chi connectivity index (χ0v) is 24.6. The Bertz CT molecular complexity index is 1370. The fraction of sp³-hybridized carbons (Fsp3) is 0.231. The summed E-state index contributed by atoms with van der Waals surface area (Å²) in [7, 11) is 3.54. The minimum atomic E-state index is -3.62. The second-order valence-corrected chi connectivity index (χ2v) is 15.3. The number of benzene rings is 2. The Labute approximate surface area is 230 Å². The molecule has 0 aliphatic carbocycles. The van der Waals surface area contributed by atoms with Gasteiger partial charge in [-0.15, -0.1) is 22.7 Å². The van der Waals surface area contributed by atoms with E-state index in [-0.39, 0.29) is 9.79 Å². The highest BCUT2D eigenvalue weighted by Crippen LogP contribution is 2.27. The monoisotopic (exact) mass is 600 g/mol. The lowest BCUT2D eigenvalue weighted by Crippen LogP contribution is -1.96. The van der Waals surface area contributed by atoms with Crippen LogP contribution in [0.1, 0.15) is 32.0 Å². The van der Waals surface area contributed by atoms with Gasteiger partial charge in [0.15, 0.2) is 0 Å². The zero-order chi connectivity index (χ0) is 26.3. The molecule has 0 N–H and O–H groups in total. The summed E-state index contributed by atoms with van der Waals surface area (Å²) in [5.74, 6) is 0. The summed E-state index contributed by atoms with van der Waals surface area (Å²) < 4.78 is 45.4. The molecule has 0 atom stereocenters. The lowest BCUT2D eigenvalue weighted by Gasteiger charge is -2.02. The second kappa shape index (κ2) is 12.7. The molecule has 192 valence electrons. The third-order valence-corrected chi connectivity index (χ3v) is 10.5. The lowest BCUT2D eigenvalue weighted by atomic mass is 10.1. The van der Waals surface area contributed by atoms with Gasteiger partial charge in [0.25, 0.3) is 18.1 Å². The summed E-state index contributed by atoms with van der Waals surface area (Å²) >= 11 is 2.87. The van der Waals surface area contributed by atoms with Gasteiger partial charge in [-0.2, -0.15) is 0 Å². The molecule has 0 aliphatic rings. The number of aryl methyl sites for hydroxylation is 6. The standard InChI is InChI=1S/2C13H13ClO2S2/c2*1-10-2-4-11(5-3-10)6-7-12-13(8-9-17-12)18(14,15)16/h2*2-5,8-9H,6-7H2,1H3. The Morgan fingerprint density at radius 1 is 0.556 bits per heavy atom. The summed E-state index contributed by atoms with van der Waals surface area (Å²) in [4.78, 5) is 2.15. The van der Waals surface area contributed by atoms with Gasteiger partial charge in [0.1, 0.15) is 0 Å². The van der Waals surface area contributed by atoms with E-state index >= 15 is 0 Å². The fourth-order valence-corrected chi connectivity index (χ4v) is 8.50. The number of hydrogen-bond acceptors (Lipinski definition) is 6. The maximum atomic E-state index is 11.3. The van der Waals surface area contributed by atoms with Crippen LogP contribution in [-0.2, 0) is 43.8 Å². The molecule has 0 saturated carbocycles. The molecule has 0 aliphatic heterocycles. The average molecular weight is 602 g/mol. The van der Waals surface area contributed by atoms with Crippen molar-refractivity contribution in [3.63, 3.8) is 0 Å². The van der Waals surface area contributed by atoms with Crippen molar-refractivity contribution in [2.75, 3.05) is 0 Å². The summed E-state index contributed by atoms with van der Waals surface area (Å²) in [6, 6.07) is 19.6. The molecule has 0 saturated heterocycles. The third-order valence-electron chi connectivity index (χ3n) is 5.46. The second-order valence-electron chi connectivity index (χ2n) is 8.26. The van der Waals surface area contributed by atoms with Gasteiger partial charge in [-0.1, -0.05) is 59.7 Å². The Morgan fingerprint density at radius 2 is 0.889 bits per heavy atom. The van der Waals surface area contributed by atoms with E-state index < -0.39 is 18.1 Å². The summed E-state index contributed by atoms with van der Waals surface area (Å²) in [6.45, 7) is 4.09. The Balaban J connectivity index is 0.000000201. The molecule has 0 radical (unpaired) electrons. The summed E-state index contributed by atoms with van der Waals surface area (Å²) in [5.41, 5.74) is 4.84. The molecule has 4 rings (SSSR count). The van der Waals surface area contributed by atoms with E-state index in [2.05, 4.69) is 48.5 Å². The predicted molar refractivity (Wildman–Crippen MR) is 152 cm³/mol. The van der Waals surface area contributed by atoms with Crippen molar-refractivity contribution in [1.82, 2.24) is 0 Å². The van der Waals surface area contributed by atoms with Crippen LogP contribution in [0.2, 0.25) is 0 Å². The minimum absolute atomic E-state index is 0.251. The minimum Gasteiger partial charge on any atom is -0.207 e. The molecular weight excluding hydrogens is 575 g/mol. The molecule has 0 spiro atoms. The van der Waals surface area contributed by atoms with Crippen LogP contribution < -0.4 is 0 Å². The van der Waals surface area contributed by atoms with E-state index in [0.717, 1.165) is 22.6 Å². The Hall–Kier alpha value is -1.68. The summed E-state index contributed by atoms with van der Waals surface area (Å²) in [5, 5.41) is 3.53. The van der Waals surface area contributed by atoms with E-state index in [9.17, 15) is 16.8 Å². The van der Waals surface area contributed by atoms with Gasteiger partial charge in [0, 0.05) is 31.1 Å². The molecule has 0 amide bonds. The van der Waals surface area contributed by atoms with Gasteiger partial charge in [0.05, 0.1) is 9.79 Å². The van der Waals surface area contributed by atoms with E-state index in [4.69, 9.17) is 21.4 Å². The summed E-state index contributed by atoms with van der Waals surface area (Å²) in [6.07, 6.45) is 3.03. The molecule has 2 heterocycles. The highest BCUT2D eigenvalue weighted by molar-refractivity contribution is 8.14. The van der Waals surface area contributed by atoms with E-state index in [1.165, 1.54) is 44.9 Å². The first-order chi connectivity index (χ1) is 16.9. The fourth-order valence-electron chi connectivity index (χ4n) is 3.48. The molecule has 0 fully saturated rings. The topological polar surface area (TPSA) is 68.3 Å². The number of rotatable bonds is 8. The van der Waals surface area contributed by atoms with Crippen LogP contribution in [0.15, 0.2) is 81.2 Å². The largest absolute Gasteiger partial charge is 0.262 e. The molecular formula is C26H26Cl2O4S4. The van der Waals surface area contributed by atoms with E-state index in [0.29, 0.717) is 12.8 Å². The van der Waals surface area contributed by atoms with Gasteiger partial charge in [-0.05, 0) is 73.6 Å². The van der Waals surface area contributed by atoms with Crippen LogP contribution in [-0.4, -0.2) is 16.8 Å². The highest BCUT2D eigenvalue weighted by atomic mass is 35.7. The van der Waals surface area contributed by atoms with Gasteiger partial charge in [-0.25, -0.2) is 16.8 Å². The van der Waals surface area contributed by atoms with Crippen LogP contribution in [0.5, 0.6) is 0 Å². The van der Waals surface area contributed by atoms with Gasteiger partial charge >= 0.3 is 0 Å². The van der Waals surface area contributed by atoms with E-state index in [1.54, 1.807) is 22.9 Å². The van der Waals surface area contributed by atoms with Crippen LogP contribution in [0.3, 0.4) is 0 Å². The van der Waals surface area contributed by atoms with Crippen LogP contribution in [0.4, 0.5) is 0 Å². The first-order valence-electron chi connectivity index (χ1n) is 11.1. The SMILES string of the molecule is Cc1ccc(CCc2sccc2S(=O)(=O)Cl)cc1.Cc1ccc(CCc2sccc2S(=O)(=O)Cl)cc1. The quantitative estimate of drug-likeness (QED) is 0.196. The van der Waals surface area contributed by atoms with E-state index in [1.807, 2.05) is 13.8 Å². The molecule has 10 heteroatoms. The van der Waals surface area contributed by atoms with Crippen molar-refractivity contribution in [1.29, 1.82) is 0 Å². The van der Waals surface area contributed by atoms with Crippen molar-refractivity contribution >= 4 is 62.1 Å². The van der Waals surface area contributed by atoms with Crippen molar-refractivity contribution in [2.24, 2.45) is 0 Å². The van der Waals surface area contributed by atoms with Crippen LogP contribution >= 0.6 is 44.0 Å². The molecule has 36 heavy (non-hydrogen) atoms. The zero-order valence-electron chi connectivity index (χ0n) is 19.8. The molecule has 0 unspecified atom stereocenters. The molecule has 4 nitrogen and oxygen atoms in total. The molecule has 2 aromatic carbocycles. The first-order valence-corrected chi connectivity index (χ1v) is 17.4. The Morgan fingerprint density at radius 3 is 1.19 bits per heavy atom. The highest BCUT2D eigenvalue weighted by Gasteiger charge is 2.17. The molecule has 0 bridgehead atoms. The first kappa shape index (κ1) is 28.9. The van der Waals surface area contributed by atoms with Crippen molar-refractivity contribution in [3.8, 4) is 0 Å².